The zero-order valence-corrected chi connectivity index (χ0v) is 20.7. The molecule has 2 amide bonds. The van der Waals surface area contributed by atoms with E-state index in [0.29, 0.717) is 12.8 Å². The van der Waals surface area contributed by atoms with Gasteiger partial charge in [-0.05, 0) is 45.2 Å². The van der Waals surface area contributed by atoms with E-state index < -0.39 is 40.5 Å². The highest BCUT2D eigenvalue weighted by Crippen LogP contribution is 2.48. The molecule has 0 aliphatic carbocycles. The number of aryl methyl sites for hydroxylation is 1. The van der Waals surface area contributed by atoms with Crippen LogP contribution in [0, 0.1) is 18.7 Å². The first kappa shape index (κ1) is 24.0. The van der Waals surface area contributed by atoms with Crippen LogP contribution in [0.2, 0.25) is 0 Å². The molecule has 1 saturated heterocycles. The molecule has 3 aliphatic heterocycles. The summed E-state index contributed by atoms with van der Waals surface area (Å²) < 4.78 is 15.8. The van der Waals surface area contributed by atoms with Crippen molar-refractivity contribution >= 4 is 17.5 Å². The molecule has 0 radical (unpaired) electrons. The van der Waals surface area contributed by atoms with Crippen molar-refractivity contribution in [1.82, 2.24) is 14.8 Å². The summed E-state index contributed by atoms with van der Waals surface area (Å²) in [6.07, 6.45) is 2.58. The SMILES string of the molecule is CC1=NO[C@]2(CC[C@H](C)N3C[C@H]2n2cc(C(=O)NCc4ccc(C)cc4F)c(=O)c(O)c2C3=O)C1C. The van der Waals surface area contributed by atoms with Gasteiger partial charge in [0.15, 0.2) is 17.0 Å². The van der Waals surface area contributed by atoms with Crippen LogP contribution in [-0.2, 0) is 11.4 Å². The van der Waals surface area contributed by atoms with Gasteiger partial charge in [-0.1, -0.05) is 24.2 Å². The molecule has 1 fully saturated rings. The molecule has 36 heavy (non-hydrogen) atoms. The molecule has 2 aromatic rings. The topological polar surface area (TPSA) is 113 Å². The van der Waals surface area contributed by atoms with Gasteiger partial charge in [0.1, 0.15) is 11.4 Å². The first-order valence-corrected chi connectivity index (χ1v) is 12.1. The van der Waals surface area contributed by atoms with Crippen molar-refractivity contribution in [2.24, 2.45) is 11.1 Å². The molecule has 4 heterocycles. The summed E-state index contributed by atoms with van der Waals surface area (Å²) in [6.45, 7) is 7.72. The highest BCUT2D eigenvalue weighted by Gasteiger charge is 2.57. The van der Waals surface area contributed by atoms with E-state index >= 15 is 0 Å². The van der Waals surface area contributed by atoms with Crippen LogP contribution < -0.4 is 10.7 Å². The number of pyridine rings is 1. The van der Waals surface area contributed by atoms with Gasteiger partial charge in [-0.2, -0.15) is 0 Å². The average molecular weight is 497 g/mol. The molecule has 190 valence electrons. The third-order valence-corrected chi connectivity index (χ3v) is 8.04. The molecule has 9 nitrogen and oxygen atoms in total. The van der Waals surface area contributed by atoms with Gasteiger partial charge < -0.3 is 24.7 Å². The lowest BCUT2D eigenvalue weighted by atomic mass is 9.76. The van der Waals surface area contributed by atoms with Crippen LogP contribution in [0.3, 0.4) is 0 Å². The van der Waals surface area contributed by atoms with E-state index in [1.807, 2.05) is 20.8 Å². The Balaban J connectivity index is 1.57. The minimum Gasteiger partial charge on any atom is -0.503 e. The second-order valence-corrected chi connectivity index (χ2v) is 10.1. The van der Waals surface area contributed by atoms with Crippen molar-refractivity contribution in [2.75, 3.05) is 6.54 Å². The summed E-state index contributed by atoms with van der Waals surface area (Å²) in [7, 11) is 0. The van der Waals surface area contributed by atoms with Gasteiger partial charge in [0.2, 0.25) is 5.43 Å². The first-order valence-electron chi connectivity index (χ1n) is 12.1. The number of oxime groups is 1. The number of aromatic hydroxyl groups is 1. The average Bonchev–Trinajstić information content (AvgIpc) is 3.05. The lowest BCUT2D eigenvalue weighted by Crippen LogP contribution is -2.54. The molecule has 1 unspecified atom stereocenters. The fourth-order valence-electron chi connectivity index (χ4n) is 5.61. The Morgan fingerprint density at radius 1 is 1.31 bits per heavy atom. The molecule has 3 aliphatic rings. The highest BCUT2D eigenvalue weighted by atomic mass is 19.1. The maximum absolute atomic E-state index is 14.2. The van der Waals surface area contributed by atoms with Crippen molar-refractivity contribution in [3.63, 3.8) is 0 Å². The molecule has 2 N–H and O–H groups in total. The number of amides is 2. The van der Waals surface area contributed by atoms with E-state index in [2.05, 4.69) is 10.5 Å². The standard InChI is InChI=1S/C26H29FN4O5/c1-13-5-6-17(19(27)9-13)10-28-24(34)18-11-31-20-12-30(25(35)21(31)23(33)22(18)32)14(2)7-8-26(20)15(3)16(4)29-36-26/h5-6,9,11,14-15,20,33H,7-8,10,12H2,1-4H3,(H,28,34)/t14-,15?,20+,26+/m0/s1. The molecule has 1 aromatic heterocycles. The number of rotatable bonds is 3. The Morgan fingerprint density at radius 3 is 2.72 bits per heavy atom. The van der Waals surface area contributed by atoms with E-state index in [9.17, 15) is 23.9 Å². The van der Waals surface area contributed by atoms with E-state index in [4.69, 9.17) is 4.84 Å². The number of benzene rings is 1. The molecule has 0 saturated carbocycles. The number of hydrogen-bond donors (Lipinski definition) is 2. The molecular weight excluding hydrogens is 467 g/mol. The predicted molar refractivity (Wildman–Crippen MR) is 130 cm³/mol. The Hall–Kier alpha value is -3.69. The Bertz CT molecular complexity index is 1370. The fourth-order valence-corrected chi connectivity index (χ4v) is 5.61. The summed E-state index contributed by atoms with van der Waals surface area (Å²) in [4.78, 5) is 47.1. The molecule has 4 atom stereocenters. The van der Waals surface area contributed by atoms with Crippen molar-refractivity contribution in [3.8, 4) is 5.75 Å². The van der Waals surface area contributed by atoms with Gasteiger partial charge in [-0.25, -0.2) is 4.39 Å². The van der Waals surface area contributed by atoms with E-state index in [1.54, 1.807) is 24.0 Å². The number of fused-ring (bicyclic) bond motifs is 5. The molecule has 1 spiro atoms. The number of aromatic nitrogens is 1. The first-order chi connectivity index (χ1) is 17.0. The minimum atomic E-state index is -0.953. The maximum Gasteiger partial charge on any atom is 0.274 e. The number of nitrogens with zero attached hydrogens (tertiary/aromatic N) is 3. The summed E-state index contributed by atoms with van der Waals surface area (Å²) in [5, 5.41) is 17.7. The molecular formula is C26H29FN4O5. The second-order valence-electron chi connectivity index (χ2n) is 10.1. The van der Waals surface area contributed by atoms with Gasteiger partial charge in [0.25, 0.3) is 11.8 Å². The third kappa shape index (κ3) is 3.50. The number of hydrogen-bond acceptors (Lipinski definition) is 6. The third-order valence-electron chi connectivity index (χ3n) is 8.04. The summed E-state index contributed by atoms with van der Waals surface area (Å²) in [5.74, 6) is -2.58. The van der Waals surface area contributed by atoms with Gasteiger partial charge in [-0.3, -0.25) is 14.4 Å². The number of carbonyl (C=O) groups excluding carboxylic acids is 2. The summed E-state index contributed by atoms with van der Waals surface area (Å²) in [5.41, 5.74) is -0.425. The van der Waals surface area contributed by atoms with E-state index in [1.165, 1.54) is 16.8 Å². The number of nitrogens with one attached hydrogen (secondary N) is 1. The monoisotopic (exact) mass is 496 g/mol. The summed E-state index contributed by atoms with van der Waals surface area (Å²) >= 11 is 0. The van der Waals surface area contributed by atoms with Crippen LogP contribution in [0.4, 0.5) is 4.39 Å². The van der Waals surface area contributed by atoms with Crippen molar-refractivity contribution in [3.05, 3.63) is 62.8 Å². The number of halogens is 1. The van der Waals surface area contributed by atoms with Crippen LogP contribution in [0.5, 0.6) is 5.75 Å². The fraction of sp³-hybridized carbons (Fsp3) is 0.462. The van der Waals surface area contributed by atoms with Gasteiger partial charge in [-0.15, -0.1) is 0 Å². The minimum absolute atomic E-state index is 0.0842. The molecule has 1 aromatic carbocycles. The van der Waals surface area contributed by atoms with Crippen LogP contribution in [0.25, 0.3) is 0 Å². The Labute approximate surface area is 207 Å². The highest BCUT2D eigenvalue weighted by molar-refractivity contribution is 5.99. The molecule has 10 heteroatoms. The zero-order valence-electron chi connectivity index (χ0n) is 20.7. The maximum atomic E-state index is 14.2. The smallest absolute Gasteiger partial charge is 0.274 e. The van der Waals surface area contributed by atoms with E-state index in [0.717, 1.165) is 11.3 Å². The van der Waals surface area contributed by atoms with Crippen molar-refractivity contribution in [2.45, 2.75) is 64.8 Å². The van der Waals surface area contributed by atoms with Crippen LogP contribution in [0.15, 0.2) is 34.3 Å². The van der Waals surface area contributed by atoms with Crippen molar-refractivity contribution in [1.29, 1.82) is 0 Å². The van der Waals surface area contributed by atoms with Gasteiger partial charge in [0, 0.05) is 36.8 Å². The van der Waals surface area contributed by atoms with Crippen LogP contribution >= 0.6 is 0 Å². The van der Waals surface area contributed by atoms with Gasteiger partial charge >= 0.3 is 0 Å². The zero-order chi connectivity index (χ0) is 25.9. The second kappa shape index (κ2) is 8.46. The lowest BCUT2D eigenvalue weighted by Gasteiger charge is -2.43. The normalized spacial score (nSPS) is 26.8. The largest absolute Gasteiger partial charge is 0.503 e. The number of carbonyl (C=O) groups is 2. The Kier molecular flexibility index (Phi) is 5.65. The van der Waals surface area contributed by atoms with Crippen LogP contribution in [0.1, 0.15) is 71.6 Å². The predicted octanol–water partition coefficient (Wildman–Crippen LogP) is 2.89. The molecule has 5 rings (SSSR count). The van der Waals surface area contributed by atoms with Crippen LogP contribution in [-0.4, -0.2) is 50.3 Å². The van der Waals surface area contributed by atoms with Crippen molar-refractivity contribution < 1.29 is 23.9 Å². The van der Waals surface area contributed by atoms with E-state index in [-0.39, 0.29) is 41.9 Å². The summed E-state index contributed by atoms with van der Waals surface area (Å²) in [6, 6.07) is 4.02. The lowest BCUT2D eigenvalue weighted by molar-refractivity contribution is -0.0864. The van der Waals surface area contributed by atoms with Gasteiger partial charge in [0.05, 0.1) is 11.8 Å². The quantitative estimate of drug-likeness (QED) is 0.679. The molecule has 2 bridgehead atoms. The Morgan fingerprint density at radius 2 is 2.06 bits per heavy atom.